The van der Waals surface area contributed by atoms with Crippen molar-refractivity contribution in [2.24, 2.45) is 8.73 Å². The number of aliphatic carboxylic acids is 1. The van der Waals surface area contributed by atoms with Crippen LogP contribution in [0.1, 0.15) is 0 Å². The van der Waals surface area contributed by atoms with Gasteiger partial charge in [-0.05, 0) is 12.1 Å². The third kappa shape index (κ3) is 2.93. The molecular weight excluding hydrogens is 306 g/mol. The first kappa shape index (κ1) is 14.8. The van der Waals surface area contributed by atoms with Gasteiger partial charge in [0.05, 0.1) is 11.4 Å². The zero-order valence-corrected chi connectivity index (χ0v) is 11.9. The number of carboxylic acid groups (broad SMARTS) is 1. The molecule has 1 aliphatic heterocycles. The van der Waals surface area contributed by atoms with Crippen molar-refractivity contribution < 1.29 is 23.1 Å². The van der Waals surface area contributed by atoms with E-state index in [0.717, 1.165) is 11.4 Å². The van der Waals surface area contributed by atoms with Crippen LogP contribution < -0.4 is 4.72 Å². The first-order valence-electron chi connectivity index (χ1n) is 5.42. The fourth-order valence-corrected chi connectivity index (χ4v) is 3.33. The molecule has 1 heterocycles. The summed E-state index contributed by atoms with van der Waals surface area (Å²) in [7, 11) is -2.69. The van der Waals surface area contributed by atoms with E-state index < -0.39 is 22.1 Å². The Morgan fingerprint density at radius 2 is 2.25 bits per heavy atom. The molecule has 1 aromatic carbocycles. The summed E-state index contributed by atoms with van der Waals surface area (Å²) in [5, 5.41) is 8.80. The van der Waals surface area contributed by atoms with Gasteiger partial charge in [0.25, 0.3) is 0 Å². The Bertz CT molecular complexity index is 710. The molecular formula is C10H11N3O5S2. The lowest BCUT2D eigenvalue weighted by atomic mass is 10.3. The van der Waals surface area contributed by atoms with Gasteiger partial charge in [-0.15, -0.1) is 0 Å². The van der Waals surface area contributed by atoms with Crippen molar-refractivity contribution in [2.75, 3.05) is 13.7 Å². The number of benzene rings is 1. The van der Waals surface area contributed by atoms with Crippen LogP contribution in [0, 0.1) is 0 Å². The molecule has 0 spiro atoms. The number of sulfonamides is 1. The zero-order valence-electron chi connectivity index (χ0n) is 10.3. The Labute approximate surface area is 118 Å². The Morgan fingerprint density at radius 3 is 2.90 bits per heavy atom. The Balaban J connectivity index is 2.22. The number of nitrogens with one attached hydrogen (secondary N) is 1. The highest BCUT2D eigenvalue weighted by atomic mass is 32.2. The van der Waals surface area contributed by atoms with Crippen LogP contribution in [0.25, 0.3) is 0 Å². The minimum atomic E-state index is -3.88. The predicted octanol–water partition coefficient (Wildman–Crippen LogP) is 0.791. The molecule has 2 rings (SSSR count). The van der Waals surface area contributed by atoms with Crippen LogP contribution in [0.2, 0.25) is 0 Å². The Kier molecular flexibility index (Phi) is 4.28. The van der Waals surface area contributed by atoms with Crippen LogP contribution >= 0.6 is 0 Å². The molecule has 0 bridgehead atoms. The number of carboxylic acids is 1. The molecule has 0 aromatic heterocycles. The molecule has 0 saturated heterocycles. The van der Waals surface area contributed by atoms with Crippen molar-refractivity contribution in [1.82, 2.24) is 4.72 Å². The molecule has 1 aromatic rings. The van der Waals surface area contributed by atoms with Crippen LogP contribution in [0.15, 0.2) is 31.8 Å². The number of hydrogen-bond acceptors (Lipinski definition) is 6. The highest BCUT2D eigenvalue weighted by Gasteiger charge is 2.25. The van der Waals surface area contributed by atoms with Crippen LogP contribution in [0.5, 0.6) is 0 Å². The van der Waals surface area contributed by atoms with Crippen molar-refractivity contribution in [2.45, 2.75) is 11.0 Å². The summed E-state index contributed by atoms with van der Waals surface area (Å²) in [6.45, 7) is -0.373. The SMILES string of the molecule is COC(CNS(=O)(=O)c1cccc2c1N=S=N2)C(=O)O. The lowest BCUT2D eigenvalue weighted by Gasteiger charge is -2.12. The molecule has 2 N–H and O–H groups in total. The standard InChI is InChI=1S/C10H11N3O5S2/c1-18-7(10(14)15)5-11-20(16,17)8-4-2-3-6-9(8)13-19-12-6/h2-4,7,11H,5H2,1H3,(H,14,15). The fourth-order valence-electron chi connectivity index (χ4n) is 1.53. The molecule has 108 valence electrons. The van der Waals surface area contributed by atoms with E-state index in [1.807, 2.05) is 0 Å². The quantitative estimate of drug-likeness (QED) is 0.816. The van der Waals surface area contributed by atoms with E-state index in [4.69, 9.17) is 5.11 Å². The number of rotatable bonds is 6. The highest BCUT2D eigenvalue weighted by Crippen LogP contribution is 2.37. The monoisotopic (exact) mass is 317 g/mol. The average Bonchev–Trinajstić information content (AvgIpc) is 2.86. The predicted molar refractivity (Wildman–Crippen MR) is 71.6 cm³/mol. The third-order valence-corrected chi connectivity index (χ3v) is 4.55. The summed E-state index contributed by atoms with van der Waals surface area (Å²) in [6.07, 6.45) is -1.25. The molecule has 0 fully saturated rings. The Morgan fingerprint density at radius 1 is 1.50 bits per heavy atom. The third-order valence-electron chi connectivity index (χ3n) is 2.56. The van der Waals surface area contributed by atoms with Gasteiger partial charge in [-0.3, -0.25) is 0 Å². The molecule has 1 aliphatic rings. The maximum atomic E-state index is 12.2. The van der Waals surface area contributed by atoms with Crippen molar-refractivity contribution in [3.63, 3.8) is 0 Å². The van der Waals surface area contributed by atoms with E-state index in [-0.39, 0.29) is 17.1 Å². The summed E-state index contributed by atoms with van der Waals surface area (Å²) in [4.78, 5) is 10.7. The molecule has 20 heavy (non-hydrogen) atoms. The van der Waals surface area contributed by atoms with Gasteiger partial charge in [-0.1, -0.05) is 6.07 Å². The summed E-state index contributed by atoms with van der Waals surface area (Å²) in [5.74, 6) is -1.25. The lowest BCUT2D eigenvalue weighted by molar-refractivity contribution is -0.147. The number of ether oxygens (including phenoxy) is 1. The summed E-state index contributed by atoms with van der Waals surface area (Å²) >= 11 is 0.906. The van der Waals surface area contributed by atoms with Gasteiger partial charge >= 0.3 is 5.97 Å². The topological polar surface area (TPSA) is 117 Å². The molecule has 0 aliphatic carbocycles. The second-order valence-corrected chi connectivity index (χ2v) is 6.07. The normalized spacial score (nSPS) is 14.7. The van der Waals surface area contributed by atoms with E-state index >= 15 is 0 Å². The van der Waals surface area contributed by atoms with Gasteiger partial charge in [0.2, 0.25) is 10.0 Å². The lowest BCUT2D eigenvalue weighted by Crippen LogP contribution is -2.37. The molecule has 8 nitrogen and oxygen atoms in total. The number of methoxy groups -OCH3 is 1. The number of fused-ring (bicyclic) bond motifs is 1. The first-order valence-corrected chi connectivity index (χ1v) is 7.63. The second-order valence-electron chi connectivity index (χ2n) is 3.80. The van der Waals surface area contributed by atoms with Crippen LogP contribution in [-0.4, -0.2) is 39.3 Å². The van der Waals surface area contributed by atoms with Crippen molar-refractivity contribution in [1.29, 1.82) is 0 Å². The van der Waals surface area contributed by atoms with Crippen molar-refractivity contribution in [3.05, 3.63) is 18.2 Å². The molecule has 0 saturated carbocycles. The molecule has 10 heteroatoms. The number of nitrogens with zero attached hydrogens (tertiary/aromatic N) is 2. The summed E-state index contributed by atoms with van der Waals surface area (Å²) in [6, 6.07) is 4.57. The van der Waals surface area contributed by atoms with E-state index in [0.29, 0.717) is 5.69 Å². The molecule has 0 amide bonds. The van der Waals surface area contributed by atoms with Gasteiger partial charge in [0, 0.05) is 13.7 Å². The molecule has 0 radical (unpaired) electrons. The van der Waals surface area contributed by atoms with Crippen LogP contribution in [0.4, 0.5) is 11.4 Å². The van der Waals surface area contributed by atoms with E-state index in [1.165, 1.54) is 13.2 Å². The number of carbonyl (C=O) groups is 1. The highest BCUT2D eigenvalue weighted by molar-refractivity contribution is 7.89. The van der Waals surface area contributed by atoms with Gasteiger partial charge in [0.1, 0.15) is 16.3 Å². The number of hydrogen-bond donors (Lipinski definition) is 2. The van der Waals surface area contributed by atoms with Crippen LogP contribution in [-0.2, 0) is 30.9 Å². The van der Waals surface area contributed by atoms with Gasteiger partial charge in [-0.25, -0.2) is 17.9 Å². The second kappa shape index (κ2) is 5.79. The maximum absolute atomic E-state index is 12.2. The van der Waals surface area contributed by atoms with E-state index in [2.05, 4.69) is 18.2 Å². The van der Waals surface area contributed by atoms with E-state index in [9.17, 15) is 13.2 Å². The summed E-state index contributed by atoms with van der Waals surface area (Å²) in [5.41, 5.74) is 0.730. The largest absolute Gasteiger partial charge is 0.479 e. The van der Waals surface area contributed by atoms with Gasteiger partial charge in [0.15, 0.2) is 6.10 Å². The van der Waals surface area contributed by atoms with Gasteiger partial charge in [-0.2, -0.15) is 8.73 Å². The minimum absolute atomic E-state index is 0.0380. The molecule has 1 atom stereocenters. The fraction of sp³-hybridized carbons (Fsp3) is 0.300. The van der Waals surface area contributed by atoms with Crippen molar-refractivity contribution in [3.8, 4) is 0 Å². The van der Waals surface area contributed by atoms with Gasteiger partial charge < -0.3 is 9.84 Å². The van der Waals surface area contributed by atoms with Crippen LogP contribution in [0.3, 0.4) is 0 Å². The minimum Gasteiger partial charge on any atom is -0.479 e. The average molecular weight is 317 g/mol. The summed E-state index contributed by atoms with van der Waals surface area (Å²) < 4.78 is 39.1. The smallest absolute Gasteiger partial charge is 0.334 e. The maximum Gasteiger partial charge on any atom is 0.334 e. The van der Waals surface area contributed by atoms with E-state index in [1.54, 1.807) is 12.1 Å². The Hall–Kier alpha value is -1.62. The van der Waals surface area contributed by atoms with Crippen molar-refractivity contribution >= 4 is 38.7 Å². The molecule has 1 unspecified atom stereocenters. The first-order chi connectivity index (χ1) is 9.45. The zero-order chi connectivity index (χ0) is 14.8.